The first-order valence-corrected chi connectivity index (χ1v) is 7.32. The van der Waals surface area contributed by atoms with Gasteiger partial charge in [-0.05, 0) is 43.3 Å². The SMILES string of the molecule is COc1ccc(SC(C)c2nc(-c3ccco3)no2)cc1. The lowest BCUT2D eigenvalue weighted by Crippen LogP contribution is -1.89. The molecule has 2 aromatic heterocycles. The lowest BCUT2D eigenvalue weighted by molar-refractivity contribution is 0.379. The van der Waals surface area contributed by atoms with Gasteiger partial charge in [0.2, 0.25) is 11.7 Å². The molecule has 0 N–H and O–H groups in total. The van der Waals surface area contributed by atoms with E-state index in [1.54, 1.807) is 37.3 Å². The number of hydrogen-bond acceptors (Lipinski definition) is 6. The Morgan fingerprint density at radius 2 is 2.00 bits per heavy atom. The van der Waals surface area contributed by atoms with Crippen molar-refractivity contribution in [2.75, 3.05) is 7.11 Å². The van der Waals surface area contributed by atoms with E-state index in [0.717, 1.165) is 10.6 Å². The van der Waals surface area contributed by atoms with Gasteiger partial charge in [0, 0.05) is 4.90 Å². The molecule has 0 bridgehead atoms. The summed E-state index contributed by atoms with van der Waals surface area (Å²) in [7, 11) is 1.65. The maximum atomic E-state index is 5.30. The molecular formula is C15H14N2O3S. The maximum Gasteiger partial charge on any atom is 0.240 e. The lowest BCUT2D eigenvalue weighted by Gasteiger charge is -2.06. The first-order chi connectivity index (χ1) is 10.3. The van der Waals surface area contributed by atoms with Gasteiger partial charge in [0.15, 0.2) is 5.76 Å². The zero-order valence-electron chi connectivity index (χ0n) is 11.6. The summed E-state index contributed by atoms with van der Waals surface area (Å²) in [5.74, 6) is 2.48. The molecule has 0 spiro atoms. The summed E-state index contributed by atoms with van der Waals surface area (Å²) in [5.41, 5.74) is 0. The second-order valence-electron chi connectivity index (χ2n) is 4.37. The van der Waals surface area contributed by atoms with E-state index >= 15 is 0 Å². The number of furan rings is 1. The van der Waals surface area contributed by atoms with E-state index in [1.165, 1.54) is 0 Å². The molecule has 21 heavy (non-hydrogen) atoms. The summed E-state index contributed by atoms with van der Waals surface area (Å²) in [4.78, 5) is 5.48. The molecule has 1 unspecified atom stereocenters. The highest BCUT2D eigenvalue weighted by Gasteiger charge is 2.17. The third-order valence-corrected chi connectivity index (χ3v) is 4.00. The Hall–Kier alpha value is -2.21. The normalized spacial score (nSPS) is 12.3. The number of hydrogen-bond donors (Lipinski definition) is 0. The fourth-order valence-corrected chi connectivity index (χ4v) is 2.71. The summed E-state index contributed by atoms with van der Waals surface area (Å²) in [6, 6.07) is 11.5. The van der Waals surface area contributed by atoms with Crippen molar-refractivity contribution in [1.82, 2.24) is 10.1 Å². The van der Waals surface area contributed by atoms with Crippen molar-refractivity contribution < 1.29 is 13.7 Å². The number of thioether (sulfide) groups is 1. The number of nitrogens with zero attached hydrogens (tertiary/aromatic N) is 2. The van der Waals surface area contributed by atoms with Crippen molar-refractivity contribution in [3.8, 4) is 17.3 Å². The minimum atomic E-state index is 0.0506. The van der Waals surface area contributed by atoms with Crippen LogP contribution in [-0.4, -0.2) is 17.3 Å². The van der Waals surface area contributed by atoms with Crippen LogP contribution in [0, 0.1) is 0 Å². The third-order valence-electron chi connectivity index (χ3n) is 2.90. The van der Waals surface area contributed by atoms with E-state index in [1.807, 2.05) is 31.2 Å². The molecule has 0 aliphatic rings. The van der Waals surface area contributed by atoms with Crippen LogP contribution in [0.1, 0.15) is 18.1 Å². The van der Waals surface area contributed by atoms with Gasteiger partial charge in [-0.3, -0.25) is 0 Å². The van der Waals surface area contributed by atoms with E-state index in [-0.39, 0.29) is 5.25 Å². The second kappa shape index (κ2) is 6.05. The molecule has 0 aliphatic heterocycles. The Bertz CT molecular complexity index is 692. The number of benzene rings is 1. The summed E-state index contributed by atoms with van der Waals surface area (Å²) in [6.45, 7) is 2.02. The van der Waals surface area contributed by atoms with E-state index < -0.39 is 0 Å². The van der Waals surface area contributed by atoms with Crippen molar-refractivity contribution in [3.63, 3.8) is 0 Å². The molecule has 0 fully saturated rings. The highest BCUT2D eigenvalue weighted by atomic mass is 32.2. The van der Waals surface area contributed by atoms with Gasteiger partial charge in [-0.2, -0.15) is 4.98 Å². The van der Waals surface area contributed by atoms with Crippen molar-refractivity contribution in [2.24, 2.45) is 0 Å². The third kappa shape index (κ3) is 3.11. The molecule has 108 valence electrons. The van der Waals surface area contributed by atoms with Crippen molar-refractivity contribution in [1.29, 1.82) is 0 Å². The molecule has 6 heteroatoms. The minimum Gasteiger partial charge on any atom is -0.497 e. The van der Waals surface area contributed by atoms with E-state index in [0.29, 0.717) is 17.5 Å². The fraction of sp³-hybridized carbons (Fsp3) is 0.200. The maximum absolute atomic E-state index is 5.30. The molecule has 0 aliphatic carbocycles. The van der Waals surface area contributed by atoms with Crippen molar-refractivity contribution >= 4 is 11.8 Å². The largest absolute Gasteiger partial charge is 0.497 e. The monoisotopic (exact) mass is 302 g/mol. The zero-order chi connectivity index (χ0) is 14.7. The number of rotatable bonds is 5. The van der Waals surface area contributed by atoms with Crippen molar-refractivity contribution in [2.45, 2.75) is 17.1 Å². The van der Waals surface area contributed by atoms with Gasteiger partial charge in [-0.25, -0.2) is 0 Å². The smallest absolute Gasteiger partial charge is 0.240 e. The molecule has 3 aromatic rings. The van der Waals surface area contributed by atoms with Gasteiger partial charge >= 0.3 is 0 Å². The topological polar surface area (TPSA) is 61.3 Å². The van der Waals surface area contributed by atoms with Gasteiger partial charge < -0.3 is 13.7 Å². The molecule has 0 radical (unpaired) electrons. The molecular weight excluding hydrogens is 288 g/mol. The predicted octanol–water partition coefficient (Wildman–Crippen LogP) is 4.19. The van der Waals surface area contributed by atoms with Crippen molar-refractivity contribution in [3.05, 3.63) is 48.6 Å². The standard InChI is InChI=1S/C15H14N2O3S/c1-10(21-12-7-5-11(18-2)6-8-12)15-16-14(17-20-15)13-4-3-9-19-13/h3-10H,1-2H3. The van der Waals surface area contributed by atoms with Gasteiger partial charge in [-0.15, -0.1) is 11.8 Å². The quantitative estimate of drug-likeness (QED) is 0.658. The molecule has 1 aromatic carbocycles. The Labute approximate surface area is 126 Å². The zero-order valence-corrected chi connectivity index (χ0v) is 12.5. The highest BCUT2D eigenvalue weighted by Crippen LogP contribution is 2.35. The van der Waals surface area contributed by atoms with E-state index in [4.69, 9.17) is 13.7 Å². The Morgan fingerprint density at radius 3 is 2.67 bits per heavy atom. The fourth-order valence-electron chi connectivity index (χ4n) is 1.82. The second-order valence-corrected chi connectivity index (χ2v) is 5.78. The molecule has 0 saturated heterocycles. The minimum absolute atomic E-state index is 0.0506. The van der Waals surface area contributed by atoms with E-state index in [9.17, 15) is 0 Å². The average molecular weight is 302 g/mol. The van der Waals surface area contributed by atoms with Crippen LogP contribution < -0.4 is 4.74 Å². The van der Waals surface area contributed by atoms with Crippen LogP contribution >= 0.6 is 11.8 Å². The molecule has 2 heterocycles. The Balaban J connectivity index is 1.71. The number of aromatic nitrogens is 2. The Morgan fingerprint density at radius 1 is 1.19 bits per heavy atom. The van der Waals surface area contributed by atoms with Crippen LogP contribution in [0.25, 0.3) is 11.6 Å². The molecule has 0 amide bonds. The number of ether oxygens (including phenoxy) is 1. The molecule has 1 atom stereocenters. The molecule has 3 rings (SSSR count). The van der Waals surface area contributed by atoms with E-state index in [2.05, 4.69) is 10.1 Å². The van der Waals surface area contributed by atoms with Crippen LogP contribution in [0.3, 0.4) is 0 Å². The average Bonchev–Trinajstić information content (AvgIpc) is 3.19. The Kier molecular flexibility index (Phi) is 3.96. The van der Waals surface area contributed by atoms with Crippen LogP contribution in [0.2, 0.25) is 0 Å². The van der Waals surface area contributed by atoms with Gasteiger partial charge in [0.1, 0.15) is 5.75 Å². The van der Waals surface area contributed by atoms with Gasteiger partial charge in [-0.1, -0.05) is 5.16 Å². The van der Waals surface area contributed by atoms with Crippen LogP contribution in [0.15, 0.2) is 56.5 Å². The molecule has 0 saturated carbocycles. The molecule has 5 nitrogen and oxygen atoms in total. The van der Waals surface area contributed by atoms with Crippen LogP contribution in [-0.2, 0) is 0 Å². The first-order valence-electron chi connectivity index (χ1n) is 6.44. The van der Waals surface area contributed by atoms with Gasteiger partial charge in [0.25, 0.3) is 0 Å². The summed E-state index contributed by atoms with van der Waals surface area (Å²) in [5, 5.41) is 3.99. The van der Waals surface area contributed by atoms with Crippen LogP contribution in [0.5, 0.6) is 5.75 Å². The summed E-state index contributed by atoms with van der Waals surface area (Å²) < 4.78 is 15.7. The summed E-state index contributed by atoms with van der Waals surface area (Å²) >= 11 is 1.64. The van der Waals surface area contributed by atoms with Gasteiger partial charge in [0.05, 0.1) is 18.6 Å². The summed E-state index contributed by atoms with van der Waals surface area (Å²) in [6.07, 6.45) is 1.58. The predicted molar refractivity (Wildman–Crippen MR) is 79.3 cm³/mol. The number of methoxy groups -OCH3 is 1. The lowest BCUT2D eigenvalue weighted by atomic mass is 10.3. The highest BCUT2D eigenvalue weighted by molar-refractivity contribution is 7.99. The van der Waals surface area contributed by atoms with Crippen LogP contribution in [0.4, 0.5) is 0 Å². The first kappa shape index (κ1) is 13.8.